The summed E-state index contributed by atoms with van der Waals surface area (Å²) in [5, 5.41) is 5.85. The van der Waals surface area contributed by atoms with Gasteiger partial charge in [0.05, 0.1) is 24.6 Å². The maximum Gasteiger partial charge on any atom is 0.240 e. The van der Waals surface area contributed by atoms with E-state index in [9.17, 15) is 9.59 Å². The van der Waals surface area contributed by atoms with E-state index in [4.69, 9.17) is 4.74 Å². The summed E-state index contributed by atoms with van der Waals surface area (Å²) in [4.78, 5) is 27.3. The van der Waals surface area contributed by atoms with E-state index in [2.05, 4.69) is 15.5 Å². The first-order valence-electron chi connectivity index (χ1n) is 8.57. The lowest BCUT2D eigenvalue weighted by atomic mass is 10.0. The van der Waals surface area contributed by atoms with Crippen LogP contribution in [0.2, 0.25) is 0 Å². The molecule has 6 nitrogen and oxygen atoms in total. The van der Waals surface area contributed by atoms with Crippen LogP contribution in [0.5, 0.6) is 0 Å². The van der Waals surface area contributed by atoms with Crippen molar-refractivity contribution in [1.82, 2.24) is 5.32 Å². The van der Waals surface area contributed by atoms with E-state index >= 15 is 0 Å². The first-order valence-corrected chi connectivity index (χ1v) is 8.57. The molecule has 0 spiro atoms. The molecule has 1 aromatic rings. The highest BCUT2D eigenvalue weighted by molar-refractivity contribution is 6.13. The fourth-order valence-corrected chi connectivity index (χ4v) is 2.98. The molecule has 130 valence electrons. The molecule has 1 saturated carbocycles. The number of benzene rings is 1. The Morgan fingerprint density at radius 2 is 1.79 bits per heavy atom. The van der Waals surface area contributed by atoms with E-state index in [1.165, 1.54) is 0 Å². The smallest absolute Gasteiger partial charge is 0.240 e. The molecule has 0 bridgehead atoms. The Labute approximate surface area is 142 Å². The number of nitrogens with zero attached hydrogens (tertiary/aromatic N) is 1. The molecule has 3 rings (SSSR count). The van der Waals surface area contributed by atoms with Gasteiger partial charge < -0.3 is 20.3 Å². The van der Waals surface area contributed by atoms with Crippen LogP contribution in [-0.2, 0) is 14.3 Å². The van der Waals surface area contributed by atoms with Crippen molar-refractivity contribution >= 4 is 23.2 Å². The largest absolute Gasteiger partial charge is 0.378 e. The number of hydrogen-bond donors (Lipinski definition) is 2. The van der Waals surface area contributed by atoms with Crippen molar-refractivity contribution < 1.29 is 14.3 Å². The molecule has 2 aliphatic rings. The molecule has 1 aromatic carbocycles. The van der Waals surface area contributed by atoms with E-state index in [0.717, 1.165) is 24.5 Å². The van der Waals surface area contributed by atoms with Gasteiger partial charge in [0.2, 0.25) is 11.8 Å². The number of morpholine rings is 1. The second-order valence-electron chi connectivity index (χ2n) is 6.78. The SMILES string of the molecule is CC(C)NC(=O)C1(C(=O)Nc2ccccc2N2CCOCC2)CC1. The highest BCUT2D eigenvalue weighted by Gasteiger charge is 2.56. The van der Waals surface area contributed by atoms with Gasteiger partial charge in [-0.05, 0) is 38.8 Å². The number of anilines is 2. The number of carbonyl (C=O) groups excluding carboxylic acids is 2. The van der Waals surface area contributed by atoms with Crippen LogP contribution in [0.15, 0.2) is 24.3 Å². The number of para-hydroxylation sites is 2. The normalized spacial score (nSPS) is 19.0. The zero-order chi connectivity index (χ0) is 17.2. The first kappa shape index (κ1) is 16.8. The Morgan fingerprint density at radius 1 is 1.12 bits per heavy atom. The van der Waals surface area contributed by atoms with Crippen molar-refractivity contribution in [1.29, 1.82) is 0 Å². The quantitative estimate of drug-likeness (QED) is 0.807. The van der Waals surface area contributed by atoms with E-state index in [1.807, 2.05) is 38.1 Å². The predicted molar refractivity (Wildman–Crippen MR) is 93.0 cm³/mol. The molecule has 0 unspecified atom stereocenters. The molecule has 1 aliphatic carbocycles. The standard InChI is InChI=1S/C18H25N3O3/c1-13(2)19-16(22)18(7-8-18)17(23)20-14-5-3-4-6-15(14)21-9-11-24-12-10-21/h3-6,13H,7-12H2,1-2H3,(H,19,22)(H,20,23). The van der Waals surface area contributed by atoms with Crippen molar-refractivity contribution in [3.8, 4) is 0 Å². The summed E-state index contributed by atoms with van der Waals surface area (Å²) in [6.45, 7) is 6.77. The zero-order valence-electron chi connectivity index (χ0n) is 14.3. The average Bonchev–Trinajstić information content (AvgIpc) is 3.37. The molecular formula is C18H25N3O3. The first-order chi connectivity index (χ1) is 11.5. The van der Waals surface area contributed by atoms with Crippen molar-refractivity contribution in [3.05, 3.63) is 24.3 Å². The molecule has 1 aliphatic heterocycles. The molecule has 2 N–H and O–H groups in total. The summed E-state index contributed by atoms with van der Waals surface area (Å²) in [5.41, 5.74) is 0.838. The number of rotatable bonds is 5. The highest BCUT2D eigenvalue weighted by atomic mass is 16.5. The second-order valence-corrected chi connectivity index (χ2v) is 6.78. The van der Waals surface area contributed by atoms with Crippen LogP contribution in [0.4, 0.5) is 11.4 Å². The van der Waals surface area contributed by atoms with E-state index in [1.54, 1.807) is 0 Å². The molecule has 2 fully saturated rings. The van der Waals surface area contributed by atoms with Gasteiger partial charge in [-0.25, -0.2) is 0 Å². The monoisotopic (exact) mass is 331 g/mol. The molecule has 2 amide bonds. The minimum atomic E-state index is -0.900. The van der Waals surface area contributed by atoms with Crippen LogP contribution in [0.25, 0.3) is 0 Å². The number of nitrogens with one attached hydrogen (secondary N) is 2. The third kappa shape index (κ3) is 3.38. The summed E-state index contributed by atoms with van der Waals surface area (Å²) in [6, 6.07) is 7.77. The molecule has 6 heteroatoms. The van der Waals surface area contributed by atoms with Gasteiger partial charge in [-0.2, -0.15) is 0 Å². The summed E-state index contributed by atoms with van der Waals surface area (Å²) in [6.07, 6.45) is 1.22. The fraction of sp³-hybridized carbons (Fsp3) is 0.556. The van der Waals surface area contributed by atoms with Gasteiger partial charge in [0.1, 0.15) is 5.41 Å². The van der Waals surface area contributed by atoms with Gasteiger partial charge in [0, 0.05) is 19.1 Å². The van der Waals surface area contributed by atoms with Gasteiger partial charge in [-0.1, -0.05) is 12.1 Å². The molecule has 0 radical (unpaired) electrons. The lowest BCUT2D eigenvalue weighted by Gasteiger charge is -2.30. The zero-order valence-corrected chi connectivity index (χ0v) is 14.3. The number of amides is 2. The van der Waals surface area contributed by atoms with Crippen molar-refractivity contribution in [3.63, 3.8) is 0 Å². The molecule has 24 heavy (non-hydrogen) atoms. The van der Waals surface area contributed by atoms with Crippen LogP contribution in [-0.4, -0.2) is 44.2 Å². The Kier molecular flexibility index (Phi) is 4.76. The van der Waals surface area contributed by atoms with Crippen LogP contribution >= 0.6 is 0 Å². The number of ether oxygens (including phenoxy) is 1. The van der Waals surface area contributed by atoms with E-state index in [-0.39, 0.29) is 17.9 Å². The van der Waals surface area contributed by atoms with Crippen molar-refractivity contribution in [2.45, 2.75) is 32.7 Å². The van der Waals surface area contributed by atoms with Gasteiger partial charge >= 0.3 is 0 Å². The van der Waals surface area contributed by atoms with Crippen LogP contribution < -0.4 is 15.5 Å². The maximum absolute atomic E-state index is 12.7. The van der Waals surface area contributed by atoms with Gasteiger partial charge in [-0.3, -0.25) is 9.59 Å². The molecular weight excluding hydrogens is 306 g/mol. The topological polar surface area (TPSA) is 70.7 Å². The van der Waals surface area contributed by atoms with Gasteiger partial charge in [0.25, 0.3) is 0 Å². The summed E-state index contributed by atoms with van der Waals surface area (Å²) >= 11 is 0. The lowest BCUT2D eigenvalue weighted by molar-refractivity contribution is -0.134. The Balaban J connectivity index is 1.74. The minimum absolute atomic E-state index is 0.0309. The Bertz CT molecular complexity index is 620. The summed E-state index contributed by atoms with van der Waals surface area (Å²) < 4.78 is 5.39. The fourth-order valence-electron chi connectivity index (χ4n) is 2.98. The Hall–Kier alpha value is -2.08. The average molecular weight is 331 g/mol. The van der Waals surface area contributed by atoms with Gasteiger partial charge in [-0.15, -0.1) is 0 Å². The van der Waals surface area contributed by atoms with Crippen LogP contribution in [0.3, 0.4) is 0 Å². The lowest BCUT2D eigenvalue weighted by Crippen LogP contribution is -2.43. The van der Waals surface area contributed by atoms with Crippen LogP contribution in [0.1, 0.15) is 26.7 Å². The number of hydrogen-bond acceptors (Lipinski definition) is 4. The van der Waals surface area contributed by atoms with Crippen LogP contribution in [0, 0.1) is 5.41 Å². The maximum atomic E-state index is 12.7. The summed E-state index contributed by atoms with van der Waals surface area (Å²) in [7, 11) is 0. The minimum Gasteiger partial charge on any atom is -0.378 e. The second kappa shape index (κ2) is 6.81. The number of carbonyl (C=O) groups is 2. The van der Waals surface area contributed by atoms with Gasteiger partial charge in [0.15, 0.2) is 0 Å². The summed E-state index contributed by atoms with van der Waals surface area (Å²) in [5.74, 6) is -0.375. The third-order valence-corrected chi connectivity index (χ3v) is 4.54. The van der Waals surface area contributed by atoms with Crippen molar-refractivity contribution in [2.24, 2.45) is 5.41 Å². The Morgan fingerprint density at radius 3 is 2.42 bits per heavy atom. The van der Waals surface area contributed by atoms with E-state index < -0.39 is 5.41 Å². The highest BCUT2D eigenvalue weighted by Crippen LogP contribution is 2.47. The van der Waals surface area contributed by atoms with E-state index in [0.29, 0.717) is 26.1 Å². The molecule has 1 saturated heterocycles. The third-order valence-electron chi connectivity index (χ3n) is 4.54. The molecule has 1 heterocycles. The molecule has 0 atom stereocenters. The van der Waals surface area contributed by atoms with Crippen molar-refractivity contribution in [2.75, 3.05) is 36.5 Å². The predicted octanol–water partition coefficient (Wildman–Crippen LogP) is 1.77. The molecule has 0 aromatic heterocycles.